The van der Waals surface area contributed by atoms with Crippen LogP contribution >= 0.6 is 0 Å². The predicted molar refractivity (Wildman–Crippen MR) is 66.4 cm³/mol. The lowest BCUT2D eigenvalue weighted by molar-refractivity contribution is 0.566. The maximum atomic E-state index is 11.3. The summed E-state index contributed by atoms with van der Waals surface area (Å²) in [5, 5.41) is 3.05. The molecule has 0 aliphatic heterocycles. The highest BCUT2D eigenvalue weighted by Gasteiger charge is 1.98. The molecular weight excluding hydrogens is 242 g/mol. The third kappa shape index (κ3) is 6.20. The first kappa shape index (κ1) is 13.9. The van der Waals surface area contributed by atoms with Gasteiger partial charge in [-0.1, -0.05) is 6.07 Å². The van der Waals surface area contributed by atoms with E-state index in [0.29, 0.717) is 26.2 Å². The zero-order chi connectivity index (χ0) is 12.7. The van der Waals surface area contributed by atoms with Crippen LogP contribution in [0.25, 0.3) is 0 Å². The molecule has 0 aromatic carbocycles. The summed E-state index contributed by atoms with van der Waals surface area (Å²) >= 11 is 0. The topological polar surface area (TPSA) is 80.2 Å². The van der Waals surface area contributed by atoms with Crippen molar-refractivity contribution in [1.29, 1.82) is 0 Å². The first-order valence-electron chi connectivity index (χ1n) is 5.30. The summed E-state index contributed by atoms with van der Waals surface area (Å²) in [4.78, 5) is 11.3. The Morgan fingerprint density at radius 3 is 2.65 bits per heavy atom. The summed E-state index contributed by atoms with van der Waals surface area (Å²) in [6.45, 7) is 2.07. The summed E-state index contributed by atoms with van der Waals surface area (Å²) in [6.07, 6.45) is 2.84. The molecule has 0 radical (unpaired) electrons. The Morgan fingerprint density at radius 2 is 2.00 bits per heavy atom. The van der Waals surface area contributed by atoms with Crippen molar-refractivity contribution in [1.82, 2.24) is 14.6 Å². The number of nitrogens with zero attached hydrogens (tertiary/aromatic N) is 1. The van der Waals surface area contributed by atoms with Crippen LogP contribution in [0.2, 0.25) is 0 Å². The molecule has 1 rings (SSSR count). The summed E-state index contributed by atoms with van der Waals surface area (Å²) in [5.74, 6) is 0. The number of nitrogens with one attached hydrogen (secondary N) is 2. The van der Waals surface area contributed by atoms with E-state index in [9.17, 15) is 13.2 Å². The van der Waals surface area contributed by atoms with Crippen molar-refractivity contribution in [3.63, 3.8) is 0 Å². The molecule has 2 N–H and O–H groups in total. The van der Waals surface area contributed by atoms with Gasteiger partial charge in [0.2, 0.25) is 10.0 Å². The molecule has 1 aromatic rings. The standard InChI is InChI=1S/C10H17N3O3S/c1-17(15,16)12-6-5-11-7-9-13-8-3-2-4-10(13)14/h2-4,8,11-12H,5-7,9H2,1H3. The number of sulfonamides is 1. The largest absolute Gasteiger partial charge is 0.314 e. The van der Waals surface area contributed by atoms with Gasteiger partial charge < -0.3 is 9.88 Å². The molecule has 17 heavy (non-hydrogen) atoms. The van der Waals surface area contributed by atoms with E-state index in [1.807, 2.05) is 0 Å². The summed E-state index contributed by atoms with van der Waals surface area (Å²) < 4.78 is 25.5. The van der Waals surface area contributed by atoms with Gasteiger partial charge in [0.25, 0.3) is 5.56 Å². The fraction of sp³-hybridized carbons (Fsp3) is 0.500. The van der Waals surface area contributed by atoms with Crippen LogP contribution in [-0.2, 0) is 16.6 Å². The fourth-order valence-corrected chi connectivity index (χ4v) is 1.77. The van der Waals surface area contributed by atoms with Crippen LogP contribution < -0.4 is 15.6 Å². The molecule has 0 bridgehead atoms. The smallest absolute Gasteiger partial charge is 0.250 e. The zero-order valence-corrected chi connectivity index (χ0v) is 10.5. The van der Waals surface area contributed by atoms with Crippen molar-refractivity contribution in [2.24, 2.45) is 0 Å². The van der Waals surface area contributed by atoms with Gasteiger partial charge in [0.05, 0.1) is 6.26 Å². The first-order chi connectivity index (χ1) is 7.99. The summed E-state index contributed by atoms with van der Waals surface area (Å²) in [7, 11) is -3.12. The Bertz CT molecular complexity index is 496. The molecule has 0 saturated carbocycles. The second-order valence-corrected chi connectivity index (χ2v) is 5.48. The lowest BCUT2D eigenvalue weighted by Crippen LogP contribution is -2.33. The third-order valence-corrected chi connectivity index (χ3v) is 2.82. The number of hydrogen-bond donors (Lipinski definition) is 2. The van der Waals surface area contributed by atoms with Crippen LogP contribution in [0.1, 0.15) is 0 Å². The van der Waals surface area contributed by atoms with Crippen LogP contribution in [0.15, 0.2) is 29.2 Å². The molecular formula is C10H17N3O3S. The molecule has 0 amide bonds. The maximum Gasteiger partial charge on any atom is 0.250 e. The van der Waals surface area contributed by atoms with Crippen molar-refractivity contribution in [2.75, 3.05) is 25.9 Å². The molecule has 1 heterocycles. The molecule has 0 fully saturated rings. The minimum atomic E-state index is -3.12. The number of pyridine rings is 1. The minimum Gasteiger partial charge on any atom is -0.314 e. The SMILES string of the molecule is CS(=O)(=O)NCCNCCn1ccccc1=O. The van der Waals surface area contributed by atoms with E-state index in [-0.39, 0.29) is 5.56 Å². The summed E-state index contributed by atoms with van der Waals surface area (Å²) in [6, 6.07) is 5.00. The van der Waals surface area contributed by atoms with Gasteiger partial charge >= 0.3 is 0 Å². The van der Waals surface area contributed by atoms with Crippen molar-refractivity contribution >= 4 is 10.0 Å². The Morgan fingerprint density at radius 1 is 1.24 bits per heavy atom. The van der Waals surface area contributed by atoms with Gasteiger partial charge in [-0.3, -0.25) is 4.79 Å². The van der Waals surface area contributed by atoms with Gasteiger partial charge in [0.15, 0.2) is 0 Å². The molecule has 0 atom stereocenters. The van der Waals surface area contributed by atoms with Gasteiger partial charge in [-0.05, 0) is 6.07 Å². The lowest BCUT2D eigenvalue weighted by Gasteiger charge is -2.07. The Kier molecular flexibility index (Phi) is 5.33. The Hall–Kier alpha value is -1.18. The van der Waals surface area contributed by atoms with Crippen LogP contribution in [-0.4, -0.2) is 38.9 Å². The monoisotopic (exact) mass is 259 g/mol. The van der Waals surface area contributed by atoms with E-state index in [2.05, 4.69) is 10.0 Å². The van der Waals surface area contributed by atoms with Gasteiger partial charge in [0, 0.05) is 38.4 Å². The van der Waals surface area contributed by atoms with E-state index in [4.69, 9.17) is 0 Å². The number of hydrogen-bond acceptors (Lipinski definition) is 4. The highest BCUT2D eigenvalue weighted by Crippen LogP contribution is 1.80. The third-order valence-electron chi connectivity index (χ3n) is 2.09. The van der Waals surface area contributed by atoms with E-state index in [1.165, 1.54) is 6.07 Å². The van der Waals surface area contributed by atoms with E-state index < -0.39 is 10.0 Å². The molecule has 0 spiro atoms. The average molecular weight is 259 g/mol. The maximum absolute atomic E-state index is 11.3. The molecule has 0 aliphatic carbocycles. The van der Waals surface area contributed by atoms with E-state index >= 15 is 0 Å². The molecule has 6 nitrogen and oxygen atoms in total. The van der Waals surface area contributed by atoms with Gasteiger partial charge in [-0.2, -0.15) is 0 Å². The van der Waals surface area contributed by atoms with Crippen LogP contribution in [0.3, 0.4) is 0 Å². The minimum absolute atomic E-state index is 0.0384. The summed E-state index contributed by atoms with van der Waals surface area (Å²) in [5.41, 5.74) is -0.0384. The van der Waals surface area contributed by atoms with Crippen molar-refractivity contribution in [3.05, 3.63) is 34.7 Å². The molecule has 0 saturated heterocycles. The number of rotatable bonds is 7. The normalized spacial score (nSPS) is 11.6. The Balaban J connectivity index is 2.17. The number of aromatic nitrogens is 1. The lowest BCUT2D eigenvalue weighted by atomic mass is 10.4. The highest BCUT2D eigenvalue weighted by atomic mass is 32.2. The van der Waals surface area contributed by atoms with Crippen LogP contribution in [0.4, 0.5) is 0 Å². The van der Waals surface area contributed by atoms with E-state index in [0.717, 1.165) is 6.26 Å². The van der Waals surface area contributed by atoms with Crippen LogP contribution in [0, 0.1) is 0 Å². The molecule has 7 heteroatoms. The molecule has 96 valence electrons. The molecule has 1 aromatic heterocycles. The van der Waals surface area contributed by atoms with Crippen molar-refractivity contribution in [3.8, 4) is 0 Å². The Labute approximate surface area is 101 Å². The second-order valence-electron chi connectivity index (χ2n) is 3.65. The van der Waals surface area contributed by atoms with E-state index in [1.54, 1.807) is 22.9 Å². The van der Waals surface area contributed by atoms with Gasteiger partial charge in [-0.15, -0.1) is 0 Å². The molecule has 0 unspecified atom stereocenters. The predicted octanol–water partition coefficient (Wildman–Crippen LogP) is -1.01. The first-order valence-corrected chi connectivity index (χ1v) is 7.19. The average Bonchev–Trinajstić information content (AvgIpc) is 2.24. The second kappa shape index (κ2) is 6.53. The molecule has 0 aliphatic rings. The van der Waals surface area contributed by atoms with Crippen molar-refractivity contribution in [2.45, 2.75) is 6.54 Å². The fourth-order valence-electron chi connectivity index (χ4n) is 1.29. The highest BCUT2D eigenvalue weighted by molar-refractivity contribution is 7.88. The van der Waals surface area contributed by atoms with Crippen LogP contribution in [0.5, 0.6) is 0 Å². The van der Waals surface area contributed by atoms with Gasteiger partial charge in [-0.25, -0.2) is 13.1 Å². The van der Waals surface area contributed by atoms with Crippen molar-refractivity contribution < 1.29 is 8.42 Å². The zero-order valence-electron chi connectivity index (χ0n) is 9.72. The quantitative estimate of drug-likeness (QED) is 0.615. The van der Waals surface area contributed by atoms with Gasteiger partial charge in [0.1, 0.15) is 0 Å².